The number of nitrogens with one attached hydrogen (secondary N) is 1. The minimum absolute atomic E-state index is 0.189. The zero-order valence-corrected chi connectivity index (χ0v) is 10.8. The SMILES string of the molecule is COC(=O)C1(C)CC(C(=O)O)C(c2cccnc2)N1. The zero-order chi connectivity index (χ0) is 14.0. The lowest BCUT2D eigenvalue weighted by Gasteiger charge is -2.22. The van der Waals surface area contributed by atoms with Crippen LogP contribution in [0.2, 0.25) is 0 Å². The van der Waals surface area contributed by atoms with Crippen molar-refractivity contribution >= 4 is 11.9 Å². The fraction of sp³-hybridized carbons (Fsp3) is 0.462. The maximum absolute atomic E-state index is 11.8. The molecule has 2 heterocycles. The summed E-state index contributed by atoms with van der Waals surface area (Å²) in [5, 5.41) is 12.4. The van der Waals surface area contributed by atoms with E-state index in [1.165, 1.54) is 7.11 Å². The summed E-state index contributed by atoms with van der Waals surface area (Å²) >= 11 is 0. The van der Waals surface area contributed by atoms with Crippen molar-refractivity contribution in [2.75, 3.05) is 7.11 Å². The number of nitrogens with zero attached hydrogens (tertiary/aromatic N) is 1. The van der Waals surface area contributed by atoms with E-state index < -0.39 is 29.4 Å². The molecule has 1 aliphatic heterocycles. The van der Waals surface area contributed by atoms with Crippen molar-refractivity contribution in [2.24, 2.45) is 5.92 Å². The van der Waals surface area contributed by atoms with Gasteiger partial charge in [0.1, 0.15) is 5.54 Å². The monoisotopic (exact) mass is 264 g/mol. The number of carbonyl (C=O) groups excluding carboxylic acids is 1. The Bertz CT molecular complexity index is 491. The highest BCUT2D eigenvalue weighted by molar-refractivity contribution is 5.83. The van der Waals surface area contributed by atoms with Gasteiger partial charge in [-0.25, -0.2) is 0 Å². The number of hydrogen-bond donors (Lipinski definition) is 2. The Labute approximate surface area is 110 Å². The molecule has 2 N–H and O–H groups in total. The van der Waals surface area contributed by atoms with Gasteiger partial charge in [-0.3, -0.25) is 19.9 Å². The van der Waals surface area contributed by atoms with Crippen LogP contribution in [0.5, 0.6) is 0 Å². The van der Waals surface area contributed by atoms with E-state index in [0.717, 1.165) is 5.56 Å². The number of methoxy groups -OCH3 is 1. The number of aromatic nitrogens is 1. The average molecular weight is 264 g/mol. The molecule has 1 saturated heterocycles. The molecule has 19 heavy (non-hydrogen) atoms. The van der Waals surface area contributed by atoms with E-state index in [0.29, 0.717) is 0 Å². The Balaban J connectivity index is 2.33. The number of ether oxygens (including phenoxy) is 1. The fourth-order valence-corrected chi connectivity index (χ4v) is 2.53. The van der Waals surface area contributed by atoms with E-state index in [1.54, 1.807) is 31.5 Å². The molecule has 0 bridgehead atoms. The van der Waals surface area contributed by atoms with Crippen molar-refractivity contribution in [3.63, 3.8) is 0 Å². The topological polar surface area (TPSA) is 88.5 Å². The molecule has 3 atom stereocenters. The second kappa shape index (κ2) is 4.97. The molecule has 3 unspecified atom stereocenters. The summed E-state index contributed by atoms with van der Waals surface area (Å²) < 4.78 is 4.74. The first-order chi connectivity index (χ1) is 8.98. The van der Waals surface area contributed by atoms with Gasteiger partial charge in [0.05, 0.1) is 13.0 Å². The third kappa shape index (κ3) is 2.44. The van der Waals surface area contributed by atoms with Crippen LogP contribution >= 0.6 is 0 Å². The molecule has 1 aliphatic rings. The van der Waals surface area contributed by atoms with Gasteiger partial charge in [0, 0.05) is 18.4 Å². The van der Waals surface area contributed by atoms with Gasteiger partial charge in [0.15, 0.2) is 0 Å². The van der Waals surface area contributed by atoms with Crippen LogP contribution in [0.15, 0.2) is 24.5 Å². The van der Waals surface area contributed by atoms with Crippen LogP contribution in [-0.4, -0.2) is 34.7 Å². The number of carboxylic acid groups (broad SMARTS) is 1. The molecule has 0 aromatic carbocycles. The van der Waals surface area contributed by atoms with Crippen LogP contribution in [-0.2, 0) is 14.3 Å². The summed E-state index contributed by atoms with van der Waals surface area (Å²) in [6.07, 6.45) is 3.42. The predicted molar refractivity (Wildman–Crippen MR) is 66.3 cm³/mol. The fourth-order valence-electron chi connectivity index (χ4n) is 2.53. The van der Waals surface area contributed by atoms with Gasteiger partial charge in [-0.1, -0.05) is 6.07 Å². The van der Waals surface area contributed by atoms with Crippen molar-refractivity contribution in [2.45, 2.75) is 24.9 Å². The molecule has 2 rings (SSSR count). The highest BCUT2D eigenvalue weighted by Crippen LogP contribution is 2.38. The van der Waals surface area contributed by atoms with Crippen LogP contribution in [0, 0.1) is 5.92 Å². The smallest absolute Gasteiger partial charge is 0.325 e. The molecule has 1 aromatic heterocycles. The molecule has 0 aliphatic carbocycles. The Hall–Kier alpha value is -1.95. The summed E-state index contributed by atoms with van der Waals surface area (Å²) in [5.74, 6) is -2.08. The van der Waals surface area contributed by atoms with Crippen LogP contribution in [0.3, 0.4) is 0 Å². The van der Waals surface area contributed by atoms with Crippen LogP contribution in [0.1, 0.15) is 24.9 Å². The maximum Gasteiger partial charge on any atom is 0.325 e. The third-order valence-corrected chi connectivity index (χ3v) is 3.50. The van der Waals surface area contributed by atoms with E-state index in [4.69, 9.17) is 4.74 Å². The summed E-state index contributed by atoms with van der Waals surface area (Å²) in [6.45, 7) is 1.66. The Morgan fingerprint density at radius 2 is 2.32 bits per heavy atom. The van der Waals surface area contributed by atoms with Crippen molar-refractivity contribution < 1.29 is 19.4 Å². The number of pyridine rings is 1. The van der Waals surface area contributed by atoms with Gasteiger partial charge in [-0.05, 0) is 25.0 Å². The van der Waals surface area contributed by atoms with E-state index in [1.807, 2.05) is 0 Å². The van der Waals surface area contributed by atoms with Gasteiger partial charge in [-0.2, -0.15) is 0 Å². The first-order valence-electron chi connectivity index (χ1n) is 5.97. The minimum atomic E-state index is -0.988. The summed E-state index contributed by atoms with van der Waals surface area (Å²) in [5.41, 5.74) is -0.235. The van der Waals surface area contributed by atoms with Crippen molar-refractivity contribution in [3.8, 4) is 0 Å². The van der Waals surface area contributed by atoms with Crippen LogP contribution in [0.4, 0.5) is 0 Å². The Morgan fingerprint density at radius 1 is 1.58 bits per heavy atom. The molecular weight excluding hydrogens is 248 g/mol. The summed E-state index contributed by atoms with van der Waals surface area (Å²) in [6, 6.07) is 3.09. The lowest BCUT2D eigenvalue weighted by atomic mass is 9.91. The minimum Gasteiger partial charge on any atom is -0.481 e. The van der Waals surface area contributed by atoms with Gasteiger partial charge in [0.2, 0.25) is 0 Å². The molecule has 0 amide bonds. The standard InChI is InChI=1S/C13H16N2O4/c1-13(12(18)19-2)6-9(11(16)17)10(15-13)8-4-3-5-14-7-8/h3-5,7,9-10,15H,6H2,1-2H3,(H,16,17). The highest BCUT2D eigenvalue weighted by atomic mass is 16.5. The number of hydrogen-bond acceptors (Lipinski definition) is 5. The quantitative estimate of drug-likeness (QED) is 0.783. The normalized spacial score (nSPS) is 30.0. The Morgan fingerprint density at radius 3 is 2.84 bits per heavy atom. The number of carbonyl (C=O) groups is 2. The van der Waals surface area contributed by atoms with Crippen LogP contribution in [0.25, 0.3) is 0 Å². The van der Waals surface area contributed by atoms with E-state index in [-0.39, 0.29) is 6.42 Å². The van der Waals surface area contributed by atoms with Crippen molar-refractivity contribution in [3.05, 3.63) is 30.1 Å². The highest BCUT2D eigenvalue weighted by Gasteiger charge is 2.50. The predicted octanol–water partition coefficient (Wildman–Crippen LogP) is 0.748. The van der Waals surface area contributed by atoms with E-state index in [9.17, 15) is 14.7 Å². The third-order valence-electron chi connectivity index (χ3n) is 3.50. The van der Waals surface area contributed by atoms with Crippen molar-refractivity contribution in [1.29, 1.82) is 0 Å². The molecule has 0 saturated carbocycles. The van der Waals surface area contributed by atoms with Gasteiger partial charge in [0.25, 0.3) is 0 Å². The van der Waals surface area contributed by atoms with Gasteiger partial charge in [-0.15, -0.1) is 0 Å². The molecule has 0 spiro atoms. The lowest BCUT2D eigenvalue weighted by molar-refractivity contribution is -0.147. The van der Waals surface area contributed by atoms with Gasteiger partial charge >= 0.3 is 11.9 Å². The second-order valence-corrected chi connectivity index (χ2v) is 4.88. The van der Waals surface area contributed by atoms with Gasteiger partial charge < -0.3 is 9.84 Å². The zero-order valence-electron chi connectivity index (χ0n) is 10.8. The molecule has 0 radical (unpaired) electrons. The molecule has 102 valence electrons. The first kappa shape index (κ1) is 13.5. The molecule has 1 fully saturated rings. The lowest BCUT2D eigenvalue weighted by Crippen LogP contribution is -2.45. The Kier molecular flexibility index (Phi) is 3.53. The number of aliphatic carboxylic acids is 1. The second-order valence-electron chi connectivity index (χ2n) is 4.88. The number of carboxylic acids is 1. The first-order valence-corrected chi connectivity index (χ1v) is 5.97. The van der Waals surface area contributed by atoms with E-state index in [2.05, 4.69) is 10.3 Å². The molecule has 6 heteroatoms. The average Bonchev–Trinajstić information content (AvgIpc) is 2.78. The number of rotatable bonds is 3. The van der Waals surface area contributed by atoms with E-state index >= 15 is 0 Å². The van der Waals surface area contributed by atoms with Crippen LogP contribution < -0.4 is 5.32 Å². The van der Waals surface area contributed by atoms with Crippen molar-refractivity contribution in [1.82, 2.24) is 10.3 Å². The maximum atomic E-state index is 11.8. The molecule has 1 aromatic rings. The molecular formula is C13H16N2O4. The summed E-state index contributed by atoms with van der Waals surface area (Å²) in [4.78, 5) is 27.1. The summed E-state index contributed by atoms with van der Waals surface area (Å²) in [7, 11) is 1.29. The number of esters is 1. The largest absolute Gasteiger partial charge is 0.481 e. The molecule has 6 nitrogen and oxygen atoms in total.